The summed E-state index contributed by atoms with van der Waals surface area (Å²) in [6.07, 6.45) is 4.32. The van der Waals surface area contributed by atoms with Crippen LogP contribution in [0.4, 0.5) is 4.79 Å². The second-order valence-electron chi connectivity index (χ2n) is 8.06. The van der Waals surface area contributed by atoms with Crippen molar-refractivity contribution < 1.29 is 17.9 Å². The fourth-order valence-corrected chi connectivity index (χ4v) is 4.68. The summed E-state index contributed by atoms with van der Waals surface area (Å²) in [4.78, 5) is 18.2. The van der Waals surface area contributed by atoms with Crippen LogP contribution in [0.25, 0.3) is 10.8 Å². The van der Waals surface area contributed by atoms with Crippen molar-refractivity contribution in [1.29, 1.82) is 0 Å². The molecule has 0 atom stereocenters. The maximum atomic E-state index is 12.9. The third-order valence-corrected chi connectivity index (χ3v) is 6.26. The number of nitrogens with one attached hydrogen (secondary N) is 1. The molecule has 1 aliphatic heterocycles. The van der Waals surface area contributed by atoms with Crippen LogP contribution in [0.1, 0.15) is 33.6 Å². The van der Waals surface area contributed by atoms with Gasteiger partial charge in [0.15, 0.2) is 9.84 Å². The van der Waals surface area contributed by atoms with Crippen molar-refractivity contribution in [3.63, 3.8) is 0 Å². The second kappa shape index (κ2) is 8.05. The van der Waals surface area contributed by atoms with E-state index in [9.17, 15) is 13.2 Å². The number of likely N-dealkylation sites (tertiary alicyclic amines) is 1. The minimum absolute atomic E-state index is 0.0464. The molecular formula is C20H27N3O4S. The number of sulfone groups is 1. The second-order valence-corrected chi connectivity index (χ2v) is 10.0. The van der Waals surface area contributed by atoms with E-state index in [0.717, 1.165) is 5.39 Å². The van der Waals surface area contributed by atoms with E-state index in [-0.39, 0.29) is 18.0 Å². The number of nitrogens with zero attached hydrogens (tertiary/aromatic N) is 2. The van der Waals surface area contributed by atoms with Crippen molar-refractivity contribution in [3.8, 4) is 0 Å². The number of benzene rings is 1. The Kier molecular flexibility index (Phi) is 5.90. The highest BCUT2D eigenvalue weighted by Crippen LogP contribution is 2.23. The summed E-state index contributed by atoms with van der Waals surface area (Å²) < 4.78 is 31.1. The van der Waals surface area contributed by atoms with Crippen LogP contribution in [0.3, 0.4) is 0 Å². The molecule has 2 heterocycles. The minimum Gasteiger partial charge on any atom is -0.444 e. The van der Waals surface area contributed by atoms with Gasteiger partial charge < -0.3 is 15.0 Å². The Morgan fingerprint density at radius 2 is 1.96 bits per heavy atom. The predicted octanol–water partition coefficient (Wildman–Crippen LogP) is 2.96. The van der Waals surface area contributed by atoms with Crippen molar-refractivity contribution in [2.24, 2.45) is 0 Å². The van der Waals surface area contributed by atoms with Crippen molar-refractivity contribution >= 4 is 26.7 Å². The lowest BCUT2D eigenvalue weighted by molar-refractivity contribution is 0.0199. The van der Waals surface area contributed by atoms with Crippen LogP contribution in [0.2, 0.25) is 0 Å². The van der Waals surface area contributed by atoms with Gasteiger partial charge in [0, 0.05) is 42.3 Å². The van der Waals surface area contributed by atoms with Crippen LogP contribution in [0, 0.1) is 0 Å². The van der Waals surface area contributed by atoms with Gasteiger partial charge in [-0.05, 0) is 45.7 Å². The molecule has 0 radical (unpaired) electrons. The van der Waals surface area contributed by atoms with Gasteiger partial charge >= 0.3 is 6.09 Å². The number of aromatic nitrogens is 1. The van der Waals surface area contributed by atoms with Gasteiger partial charge in [0.05, 0.1) is 4.90 Å². The van der Waals surface area contributed by atoms with Crippen LogP contribution in [-0.4, -0.2) is 55.0 Å². The smallest absolute Gasteiger partial charge is 0.410 e. The molecule has 8 heteroatoms. The number of carbonyl (C=O) groups excluding carboxylic acids is 1. The van der Waals surface area contributed by atoms with Gasteiger partial charge in [-0.25, -0.2) is 13.2 Å². The lowest BCUT2D eigenvalue weighted by Crippen LogP contribution is -2.47. The number of hydrogen-bond donors (Lipinski definition) is 1. The van der Waals surface area contributed by atoms with Crippen LogP contribution in [0.5, 0.6) is 0 Å². The number of fused-ring (bicyclic) bond motifs is 1. The van der Waals surface area contributed by atoms with Gasteiger partial charge in [-0.1, -0.05) is 12.1 Å². The number of pyridine rings is 1. The first-order valence-electron chi connectivity index (χ1n) is 9.42. The summed E-state index contributed by atoms with van der Waals surface area (Å²) in [5, 5.41) is 4.63. The Morgan fingerprint density at radius 3 is 2.64 bits per heavy atom. The van der Waals surface area contributed by atoms with Gasteiger partial charge in [0.2, 0.25) is 0 Å². The van der Waals surface area contributed by atoms with Gasteiger partial charge in [-0.15, -0.1) is 0 Å². The third kappa shape index (κ3) is 4.99. The van der Waals surface area contributed by atoms with Gasteiger partial charge in [0.1, 0.15) is 11.5 Å². The first-order valence-corrected chi connectivity index (χ1v) is 11.1. The van der Waals surface area contributed by atoms with Gasteiger partial charge in [-0.2, -0.15) is 0 Å². The topological polar surface area (TPSA) is 88.6 Å². The van der Waals surface area contributed by atoms with Crippen LogP contribution in [0.15, 0.2) is 41.6 Å². The highest BCUT2D eigenvalue weighted by molar-refractivity contribution is 7.91. The third-order valence-electron chi connectivity index (χ3n) is 4.68. The average Bonchev–Trinajstić information content (AvgIpc) is 2.65. The van der Waals surface area contributed by atoms with Crippen molar-refractivity contribution in [2.45, 2.75) is 50.2 Å². The summed E-state index contributed by atoms with van der Waals surface area (Å²) in [7, 11) is -3.48. The first-order chi connectivity index (χ1) is 13.2. The molecule has 2 aromatic rings. The SMILES string of the molecule is CC(C)(C)OC(=O)N1CCC(NCS(=O)(=O)c2cccc3cnccc23)CC1. The van der Waals surface area contributed by atoms with E-state index in [1.807, 2.05) is 26.8 Å². The molecule has 1 amide bonds. The lowest BCUT2D eigenvalue weighted by Gasteiger charge is -2.33. The van der Waals surface area contributed by atoms with E-state index in [1.54, 1.807) is 35.5 Å². The molecule has 152 valence electrons. The molecule has 1 aliphatic rings. The van der Waals surface area contributed by atoms with Crippen molar-refractivity contribution in [1.82, 2.24) is 15.2 Å². The maximum absolute atomic E-state index is 12.9. The molecule has 0 saturated carbocycles. The molecule has 0 aliphatic carbocycles. The Bertz CT molecular complexity index is 940. The number of carbonyl (C=O) groups is 1. The summed E-state index contributed by atoms with van der Waals surface area (Å²) in [6.45, 7) is 6.62. The Balaban J connectivity index is 1.58. The average molecular weight is 406 g/mol. The minimum atomic E-state index is -3.48. The molecule has 1 aromatic carbocycles. The van der Waals surface area contributed by atoms with E-state index in [2.05, 4.69) is 10.3 Å². The number of hydrogen-bond acceptors (Lipinski definition) is 6. The molecule has 1 saturated heterocycles. The van der Waals surface area contributed by atoms with Crippen LogP contribution in [-0.2, 0) is 14.6 Å². The Morgan fingerprint density at radius 1 is 1.25 bits per heavy atom. The van der Waals surface area contributed by atoms with Crippen LogP contribution >= 0.6 is 0 Å². The predicted molar refractivity (Wildman–Crippen MR) is 108 cm³/mol. The molecule has 0 bridgehead atoms. The molecule has 3 rings (SSSR count). The number of piperidine rings is 1. The quantitative estimate of drug-likeness (QED) is 0.841. The van der Waals surface area contributed by atoms with E-state index in [4.69, 9.17) is 4.74 Å². The fourth-order valence-electron chi connectivity index (χ4n) is 3.26. The molecule has 0 spiro atoms. The molecular weight excluding hydrogens is 378 g/mol. The molecule has 1 fully saturated rings. The zero-order valence-corrected chi connectivity index (χ0v) is 17.3. The van der Waals surface area contributed by atoms with E-state index in [1.165, 1.54) is 0 Å². The number of rotatable bonds is 4. The number of amides is 1. The molecule has 28 heavy (non-hydrogen) atoms. The standard InChI is InChI=1S/C20H27N3O4S/c1-20(2,3)27-19(24)23-11-8-16(9-12-23)22-14-28(25,26)18-6-4-5-15-13-21-10-7-17(15)18/h4-7,10,13,16,22H,8-9,11-12,14H2,1-3H3. The van der Waals surface area contributed by atoms with Crippen molar-refractivity contribution in [2.75, 3.05) is 19.0 Å². The summed E-state index contributed by atoms with van der Waals surface area (Å²) >= 11 is 0. The van der Waals surface area contributed by atoms with Gasteiger partial charge in [-0.3, -0.25) is 4.98 Å². The summed E-state index contributed by atoms with van der Waals surface area (Å²) in [5.41, 5.74) is -0.520. The molecule has 1 aromatic heterocycles. The molecule has 7 nitrogen and oxygen atoms in total. The Labute approximate surface area is 166 Å². The maximum Gasteiger partial charge on any atom is 0.410 e. The summed E-state index contributed by atoms with van der Waals surface area (Å²) in [5.74, 6) is -0.133. The van der Waals surface area contributed by atoms with Crippen molar-refractivity contribution in [3.05, 3.63) is 36.7 Å². The largest absolute Gasteiger partial charge is 0.444 e. The lowest BCUT2D eigenvalue weighted by atomic mass is 10.1. The zero-order chi connectivity index (χ0) is 20.4. The summed E-state index contributed by atoms with van der Waals surface area (Å²) in [6, 6.07) is 6.98. The molecule has 0 unspecified atom stereocenters. The fraction of sp³-hybridized carbons (Fsp3) is 0.500. The normalized spacial score (nSPS) is 16.3. The van der Waals surface area contributed by atoms with E-state index < -0.39 is 15.4 Å². The zero-order valence-electron chi connectivity index (χ0n) is 16.5. The van der Waals surface area contributed by atoms with Gasteiger partial charge in [0.25, 0.3) is 0 Å². The number of ether oxygens (including phenoxy) is 1. The highest BCUT2D eigenvalue weighted by atomic mass is 32.2. The highest BCUT2D eigenvalue weighted by Gasteiger charge is 2.27. The Hall–Kier alpha value is -2.19. The monoisotopic (exact) mass is 405 g/mol. The van der Waals surface area contributed by atoms with E-state index in [0.29, 0.717) is 36.2 Å². The first kappa shape index (κ1) is 20.5. The van der Waals surface area contributed by atoms with Crippen LogP contribution < -0.4 is 5.32 Å². The molecule has 1 N–H and O–H groups in total. The van der Waals surface area contributed by atoms with E-state index >= 15 is 0 Å².